The van der Waals surface area contributed by atoms with Crippen LogP contribution in [0.25, 0.3) is 5.83 Å². The molecule has 0 aliphatic carbocycles. The molecule has 230 valence electrons. The Hall–Kier alpha value is -3.06. The van der Waals surface area contributed by atoms with Crippen molar-refractivity contribution in [3.05, 3.63) is 86.9 Å². The number of nitrogens with one attached hydrogen (secondary N) is 1. The van der Waals surface area contributed by atoms with Gasteiger partial charge in [-0.05, 0) is 41.8 Å². The summed E-state index contributed by atoms with van der Waals surface area (Å²) in [6, 6.07) is 3.04. The van der Waals surface area contributed by atoms with Crippen LogP contribution in [0.5, 0.6) is 0 Å². The summed E-state index contributed by atoms with van der Waals surface area (Å²) in [4.78, 5) is 24.4. The highest BCUT2D eigenvalue weighted by Gasteiger charge is 2.41. The first-order chi connectivity index (χ1) is 19.2. The largest absolute Gasteiger partial charge is 0.417 e. The van der Waals surface area contributed by atoms with Crippen molar-refractivity contribution in [3.63, 3.8) is 0 Å². The lowest BCUT2D eigenvalue weighted by Crippen LogP contribution is -2.37. The van der Waals surface area contributed by atoms with Gasteiger partial charge in [0, 0.05) is 33.5 Å². The molecule has 2 atom stereocenters. The van der Waals surface area contributed by atoms with E-state index in [-0.39, 0.29) is 34.2 Å². The predicted octanol–water partition coefficient (Wildman–Crippen LogP) is 9.28. The van der Waals surface area contributed by atoms with Crippen LogP contribution < -0.4 is 5.32 Å². The maximum absolute atomic E-state index is 15.1. The lowest BCUT2D eigenvalue weighted by Gasteiger charge is -2.20. The van der Waals surface area contributed by atoms with Gasteiger partial charge in [0.25, 0.3) is 0 Å². The van der Waals surface area contributed by atoms with Crippen molar-refractivity contribution < 1.29 is 53.5 Å². The topological polar surface area (TPSA) is 46.2 Å². The van der Waals surface area contributed by atoms with Crippen molar-refractivity contribution in [2.45, 2.75) is 44.2 Å². The molecule has 0 fully saturated rings. The van der Waals surface area contributed by atoms with E-state index in [0.717, 1.165) is 19.1 Å². The average molecular weight is 652 g/mol. The predicted molar refractivity (Wildman–Crippen MR) is 137 cm³/mol. The number of hydrogen-bond acceptors (Lipinski definition) is 2. The molecule has 2 aromatic rings. The zero-order valence-corrected chi connectivity index (χ0v) is 22.9. The second kappa shape index (κ2) is 13.5. The number of allylic oxidation sites excluding steroid dienone is 2. The van der Waals surface area contributed by atoms with E-state index in [1.165, 1.54) is 11.4 Å². The summed E-state index contributed by atoms with van der Waals surface area (Å²) < 4.78 is 135. The van der Waals surface area contributed by atoms with Gasteiger partial charge in [-0.3, -0.25) is 9.59 Å². The molecule has 1 N–H and O–H groups in total. The second-order valence-electron chi connectivity index (χ2n) is 9.11. The molecule has 3 nitrogen and oxygen atoms in total. The van der Waals surface area contributed by atoms with Gasteiger partial charge in [0.1, 0.15) is 18.3 Å². The molecular weight excluding hydrogens is 631 g/mol. The SMILES string of the molecule is C=CCc1c(Cl)cc(C(/C=C(\F)c2ccc(C(=O)C[C@H](C)C(=O)NCC(F)(F)F)c(C(F)(F)F)c2)C(F)(F)F)cc1Cl. The van der Waals surface area contributed by atoms with Crippen molar-refractivity contribution in [2.75, 3.05) is 6.54 Å². The van der Waals surface area contributed by atoms with Gasteiger partial charge >= 0.3 is 18.5 Å². The zero-order valence-electron chi connectivity index (χ0n) is 21.4. The highest BCUT2D eigenvalue weighted by Crippen LogP contribution is 2.42. The van der Waals surface area contributed by atoms with Gasteiger partial charge in [-0.2, -0.15) is 39.5 Å². The van der Waals surface area contributed by atoms with Crippen LogP contribution in [0.15, 0.2) is 49.1 Å². The molecular formula is C27H21Cl2F10NO2. The molecule has 0 radical (unpaired) electrons. The number of carbonyl (C=O) groups is 2. The number of ketones is 1. The Bertz CT molecular complexity index is 1340. The third kappa shape index (κ3) is 9.48. The highest BCUT2D eigenvalue weighted by molar-refractivity contribution is 6.36. The van der Waals surface area contributed by atoms with E-state index in [0.29, 0.717) is 12.1 Å². The lowest BCUT2D eigenvalue weighted by molar-refractivity contribution is -0.140. The molecule has 0 spiro atoms. The van der Waals surface area contributed by atoms with Crippen LogP contribution in [0, 0.1) is 5.92 Å². The minimum atomic E-state index is -5.30. The Morgan fingerprint density at radius 1 is 0.976 bits per heavy atom. The minimum absolute atomic E-state index is 0.0270. The van der Waals surface area contributed by atoms with Crippen molar-refractivity contribution in [1.82, 2.24) is 5.32 Å². The van der Waals surface area contributed by atoms with Crippen LogP contribution >= 0.6 is 23.2 Å². The molecule has 0 bridgehead atoms. The van der Waals surface area contributed by atoms with Crippen LogP contribution in [-0.4, -0.2) is 30.6 Å². The summed E-state index contributed by atoms with van der Waals surface area (Å²) >= 11 is 12.1. The number of carbonyl (C=O) groups excluding carboxylic acids is 2. The third-order valence-corrected chi connectivity index (χ3v) is 6.51. The van der Waals surface area contributed by atoms with Crippen LogP contribution in [0.3, 0.4) is 0 Å². The smallest absolute Gasteiger partial charge is 0.347 e. The fourth-order valence-corrected chi connectivity index (χ4v) is 4.43. The maximum atomic E-state index is 15.1. The first kappa shape index (κ1) is 35.1. The van der Waals surface area contributed by atoms with Crippen molar-refractivity contribution in [2.24, 2.45) is 5.92 Å². The molecule has 1 amide bonds. The Kier molecular flexibility index (Phi) is 11.3. The van der Waals surface area contributed by atoms with E-state index < -0.39 is 83.1 Å². The summed E-state index contributed by atoms with van der Waals surface area (Å²) in [5.74, 6) is -8.44. The van der Waals surface area contributed by atoms with E-state index >= 15 is 4.39 Å². The van der Waals surface area contributed by atoms with Gasteiger partial charge in [0.05, 0.1) is 5.56 Å². The monoisotopic (exact) mass is 651 g/mol. The van der Waals surface area contributed by atoms with E-state index in [1.807, 2.05) is 0 Å². The van der Waals surface area contributed by atoms with Gasteiger partial charge in [-0.25, -0.2) is 4.39 Å². The summed E-state index contributed by atoms with van der Waals surface area (Å²) in [6.07, 6.45) is -14.6. The van der Waals surface area contributed by atoms with E-state index in [9.17, 15) is 49.1 Å². The van der Waals surface area contributed by atoms with Crippen LogP contribution in [-0.2, 0) is 17.4 Å². The Morgan fingerprint density at radius 3 is 2.02 bits per heavy atom. The van der Waals surface area contributed by atoms with Crippen molar-refractivity contribution in [3.8, 4) is 0 Å². The van der Waals surface area contributed by atoms with Crippen LogP contribution in [0.1, 0.15) is 51.9 Å². The van der Waals surface area contributed by atoms with Crippen molar-refractivity contribution in [1.29, 1.82) is 0 Å². The second-order valence-corrected chi connectivity index (χ2v) is 9.92. The van der Waals surface area contributed by atoms with Crippen molar-refractivity contribution >= 4 is 40.7 Å². The van der Waals surface area contributed by atoms with Gasteiger partial charge in [-0.1, -0.05) is 48.3 Å². The molecule has 0 aromatic heterocycles. The molecule has 15 heteroatoms. The van der Waals surface area contributed by atoms with Crippen LogP contribution in [0.4, 0.5) is 43.9 Å². The Balaban J connectivity index is 2.47. The molecule has 0 aliphatic heterocycles. The molecule has 0 saturated carbocycles. The molecule has 2 aromatic carbocycles. The number of alkyl halides is 9. The fourth-order valence-electron chi connectivity index (χ4n) is 3.78. The van der Waals surface area contributed by atoms with E-state index in [2.05, 4.69) is 6.58 Å². The van der Waals surface area contributed by atoms with Gasteiger partial charge in [0.2, 0.25) is 5.91 Å². The Labute approximate surface area is 243 Å². The summed E-state index contributed by atoms with van der Waals surface area (Å²) in [7, 11) is 0. The average Bonchev–Trinajstić information content (AvgIpc) is 2.85. The molecule has 42 heavy (non-hydrogen) atoms. The minimum Gasteiger partial charge on any atom is -0.347 e. The molecule has 2 rings (SSSR count). The lowest BCUT2D eigenvalue weighted by atomic mass is 9.92. The summed E-state index contributed by atoms with van der Waals surface area (Å²) in [6.45, 7) is 2.75. The molecule has 0 aliphatic rings. The molecule has 0 saturated heterocycles. The van der Waals surface area contributed by atoms with Gasteiger partial charge < -0.3 is 5.32 Å². The number of rotatable bonds is 10. The van der Waals surface area contributed by atoms with Crippen LogP contribution in [0.2, 0.25) is 10.0 Å². The van der Waals surface area contributed by atoms with E-state index in [1.54, 1.807) is 0 Å². The van der Waals surface area contributed by atoms with Gasteiger partial charge in [-0.15, -0.1) is 6.58 Å². The fraction of sp³-hybridized carbons (Fsp3) is 0.333. The number of Topliss-reactive ketones (excluding diaryl/α,β-unsaturated/α-hetero) is 1. The van der Waals surface area contributed by atoms with E-state index in [4.69, 9.17) is 23.2 Å². The highest BCUT2D eigenvalue weighted by atomic mass is 35.5. The quantitative estimate of drug-likeness (QED) is 0.158. The first-order valence-corrected chi connectivity index (χ1v) is 12.5. The molecule has 0 heterocycles. The first-order valence-electron chi connectivity index (χ1n) is 11.8. The number of halogens is 12. The standard InChI is InChI=1S/C27H21Cl2F10NO2/c1-3-4-17-20(28)9-15(10-21(17)29)18(26(34,35)36)11-22(30)14-5-6-16(19(8-14)27(37,38)39)23(41)7-13(2)24(42)40-12-25(31,32)33/h3,5-6,8-11,13,18H,1,4,7,12H2,2H3,(H,40,42)/b22-11-/t13-,18?/m0/s1. The number of benzene rings is 2. The summed E-state index contributed by atoms with van der Waals surface area (Å²) in [5, 5.41) is 1.15. The zero-order chi connectivity index (χ0) is 32.2. The normalized spacial score (nSPS) is 14.4. The number of amides is 1. The number of hydrogen-bond donors (Lipinski definition) is 1. The Morgan fingerprint density at radius 2 is 1.55 bits per heavy atom. The molecule has 1 unspecified atom stereocenters. The maximum Gasteiger partial charge on any atom is 0.417 e. The third-order valence-electron chi connectivity index (χ3n) is 5.84. The summed E-state index contributed by atoms with van der Waals surface area (Å²) in [5.41, 5.74) is -4.08. The van der Waals surface area contributed by atoms with Gasteiger partial charge in [0.15, 0.2) is 5.78 Å².